The summed E-state index contributed by atoms with van der Waals surface area (Å²) in [6.07, 6.45) is 2.15. The van der Waals surface area contributed by atoms with Crippen molar-refractivity contribution >= 4 is 10.9 Å². The zero-order valence-corrected chi connectivity index (χ0v) is 18.0. The summed E-state index contributed by atoms with van der Waals surface area (Å²) in [7, 11) is 0. The highest BCUT2D eigenvalue weighted by atomic mass is 16.5. The van der Waals surface area contributed by atoms with E-state index in [1.54, 1.807) is 0 Å². The maximum absolute atomic E-state index is 13.3. The summed E-state index contributed by atoms with van der Waals surface area (Å²) in [5.41, 5.74) is 3.65. The van der Waals surface area contributed by atoms with Gasteiger partial charge >= 0.3 is 0 Å². The molecule has 0 saturated carbocycles. The predicted molar refractivity (Wildman–Crippen MR) is 115 cm³/mol. The van der Waals surface area contributed by atoms with Gasteiger partial charge in [-0.3, -0.25) is 9.69 Å². The maximum Gasteiger partial charge on any atom is 0.253 e. The number of fused-ring (bicyclic) bond motifs is 1. The predicted octanol–water partition coefficient (Wildman–Crippen LogP) is 1.73. The third-order valence-electron chi connectivity index (χ3n) is 6.25. The third kappa shape index (κ3) is 4.00. The smallest absolute Gasteiger partial charge is 0.253 e. The summed E-state index contributed by atoms with van der Waals surface area (Å²) in [6.45, 7) is 8.13. The second-order valence-corrected chi connectivity index (χ2v) is 8.50. The van der Waals surface area contributed by atoms with Crippen molar-refractivity contribution in [2.75, 3.05) is 32.9 Å². The largest absolute Gasteiger partial charge is 0.379 e. The molecule has 2 atom stereocenters. The van der Waals surface area contributed by atoms with Gasteiger partial charge in [0.1, 0.15) is 6.04 Å². The van der Waals surface area contributed by atoms with Crippen LogP contribution in [0.5, 0.6) is 0 Å². The Labute approximate surface area is 180 Å². The first-order chi connectivity index (χ1) is 15.1. The van der Waals surface area contributed by atoms with Crippen LogP contribution in [-0.4, -0.2) is 69.1 Å². The number of H-pyrrole nitrogens is 1. The van der Waals surface area contributed by atoms with Gasteiger partial charge in [-0.15, -0.1) is 5.10 Å². The molecule has 0 amide bonds. The van der Waals surface area contributed by atoms with Crippen LogP contribution in [-0.2, 0) is 16.0 Å². The van der Waals surface area contributed by atoms with E-state index in [1.807, 2.05) is 23.7 Å². The molecule has 5 rings (SSSR count). The Balaban J connectivity index is 1.62. The van der Waals surface area contributed by atoms with Crippen LogP contribution < -0.4 is 5.56 Å². The van der Waals surface area contributed by atoms with Gasteiger partial charge in [-0.25, -0.2) is 4.68 Å². The SMILES string of the molecule is Cc1cc(C)c2cc([C@@H](c3nnnn3C[C@@H]3CCCO3)N3CCOCC3)c(=O)[nH]c2c1. The van der Waals surface area contributed by atoms with E-state index in [0.29, 0.717) is 44.2 Å². The number of benzene rings is 1. The minimum absolute atomic E-state index is 0.104. The van der Waals surface area contributed by atoms with E-state index in [-0.39, 0.29) is 17.7 Å². The molecule has 2 saturated heterocycles. The summed E-state index contributed by atoms with van der Waals surface area (Å²) >= 11 is 0. The monoisotopic (exact) mass is 424 g/mol. The van der Waals surface area contributed by atoms with Crippen molar-refractivity contribution in [1.29, 1.82) is 0 Å². The Kier molecular flexibility index (Phi) is 5.56. The molecule has 4 heterocycles. The molecule has 2 aromatic heterocycles. The average Bonchev–Trinajstić information content (AvgIpc) is 3.43. The molecule has 1 aromatic carbocycles. The lowest BCUT2D eigenvalue weighted by molar-refractivity contribution is 0.0205. The highest BCUT2D eigenvalue weighted by Gasteiger charge is 2.32. The van der Waals surface area contributed by atoms with Crippen LogP contribution in [0.1, 0.15) is 41.4 Å². The molecule has 2 fully saturated rings. The molecule has 2 aliphatic rings. The van der Waals surface area contributed by atoms with Crippen LogP contribution >= 0.6 is 0 Å². The van der Waals surface area contributed by atoms with Crippen LogP contribution in [0.15, 0.2) is 23.0 Å². The zero-order valence-electron chi connectivity index (χ0n) is 18.0. The molecule has 9 heteroatoms. The van der Waals surface area contributed by atoms with Crippen LogP contribution in [0.3, 0.4) is 0 Å². The fourth-order valence-electron chi connectivity index (χ4n) is 4.75. The minimum Gasteiger partial charge on any atom is -0.379 e. The van der Waals surface area contributed by atoms with Crippen molar-refractivity contribution in [3.8, 4) is 0 Å². The molecular weight excluding hydrogens is 396 g/mol. The van der Waals surface area contributed by atoms with Crippen molar-refractivity contribution < 1.29 is 9.47 Å². The molecule has 1 N–H and O–H groups in total. The molecule has 164 valence electrons. The number of aryl methyl sites for hydroxylation is 2. The second-order valence-electron chi connectivity index (χ2n) is 8.50. The summed E-state index contributed by atoms with van der Waals surface area (Å²) in [4.78, 5) is 18.6. The van der Waals surface area contributed by atoms with Gasteiger partial charge in [0.15, 0.2) is 5.82 Å². The number of pyridine rings is 1. The molecule has 0 unspecified atom stereocenters. The van der Waals surface area contributed by atoms with E-state index < -0.39 is 0 Å². The van der Waals surface area contributed by atoms with Crippen molar-refractivity contribution in [1.82, 2.24) is 30.1 Å². The minimum atomic E-state index is -0.353. The van der Waals surface area contributed by atoms with E-state index in [1.165, 1.54) is 0 Å². The molecule has 0 aliphatic carbocycles. The highest BCUT2D eigenvalue weighted by Crippen LogP contribution is 2.29. The van der Waals surface area contributed by atoms with Crippen molar-refractivity contribution in [2.24, 2.45) is 0 Å². The number of aromatic amines is 1. The molecule has 9 nitrogen and oxygen atoms in total. The normalized spacial score (nSPS) is 21.0. The molecule has 31 heavy (non-hydrogen) atoms. The van der Waals surface area contributed by atoms with Crippen LogP contribution in [0, 0.1) is 13.8 Å². The van der Waals surface area contributed by atoms with Gasteiger partial charge < -0.3 is 14.5 Å². The molecule has 0 bridgehead atoms. The van der Waals surface area contributed by atoms with Gasteiger partial charge in [0.05, 0.1) is 25.9 Å². The molecular formula is C22H28N6O3. The number of rotatable bonds is 5. The highest BCUT2D eigenvalue weighted by molar-refractivity contribution is 5.83. The fraction of sp³-hybridized carbons (Fsp3) is 0.545. The zero-order chi connectivity index (χ0) is 21.4. The first-order valence-electron chi connectivity index (χ1n) is 10.9. The standard InChI is InChI=1S/C22H28N6O3/c1-14-10-15(2)17-12-18(22(29)23-19(17)11-14)20(27-5-8-30-9-6-27)21-24-25-26-28(21)13-16-4-3-7-31-16/h10-12,16,20H,3-9,13H2,1-2H3,(H,23,29)/t16-,20-/m0/s1. The number of morpholine rings is 1. The number of ether oxygens (including phenoxy) is 2. The van der Waals surface area contributed by atoms with Gasteiger partial charge in [-0.2, -0.15) is 0 Å². The van der Waals surface area contributed by atoms with Crippen molar-refractivity contribution in [3.05, 3.63) is 51.1 Å². The number of aromatic nitrogens is 5. The molecule has 0 spiro atoms. The number of nitrogens with one attached hydrogen (secondary N) is 1. The topological polar surface area (TPSA) is 98.2 Å². The summed E-state index contributed by atoms with van der Waals surface area (Å²) in [6, 6.07) is 5.80. The van der Waals surface area contributed by atoms with E-state index in [2.05, 4.69) is 38.4 Å². The summed E-state index contributed by atoms with van der Waals surface area (Å²) in [5.74, 6) is 0.673. The average molecular weight is 425 g/mol. The van der Waals surface area contributed by atoms with Crippen molar-refractivity contribution in [2.45, 2.75) is 45.4 Å². The Morgan fingerprint density at radius 2 is 2.03 bits per heavy atom. The van der Waals surface area contributed by atoms with E-state index in [0.717, 1.165) is 41.5 Å². The molecule has 2 aliphatic heterocycles. The molecule has 3 aromatic rings. The lowest BCUT2D eigenvalue weighted by Crippen LogP contribution is -2.42. The van der Waals surface area contributed by atoms with Gasteiger partial charge in [0.25, 0.3) is 5.56 Å². The van der Waals surface area contributed by atoms with Crippen LogP contribution in [0.2, 0.25) is 0 Å². The van der Waals surface area contributed by atoms with Gasteiger partial charge in [0, 0.05) is 36.2 Å². The number of tetrazole rings is 1. The van der Waals surface area contributed by atoms with Gasteiger partial charge in [-0.1, -0.05) is 6.07 Å². The van der Waals surface area contributed by atoms with E-state index in [9.17, 15) is 4.79 Å². The molecule has 0 radical (unpaired) electrons. The first-order valence-corrected chi connectivity index (χ1v) is 10.9. The number of hydrogen-bond donors (Lipinski definition) is 1. The van der Waals surface area contributed by atoms with Crippen molar-refractivity contribution in [3.63, 3.8) is 0 Å². The third-order valence-corrected chi connectivity index (χ3v) is 6.25. The second kappa shape index (κ2) is 8.49. The first kappa shape index (κ1) is 20.3. The lowest BCUT2D eigenvalue weighted by atomic mass is 9.99. The Hall–Kier alpha value is -2.62. The quantitative estimate of drug-likeness (QED) is 0.666. The number of hydrogen-bond acceptors (Lipinski definition) is 7. The lowest BCUT2D eigenvalue weighted by Gasteiger charge is -2.33. The number of nitrogens with zero attached hydrogens (tertiary/aromatic N) is 5. The van der Waals surface area contributed by atoms with Crippen LogP contribution in [0.4, 0.5) is 0 Å². The van der Waals surface area contributed by atoms with E-state index in [4.69, 9.17) is 9.47 Å². The van der Waals surface area contributed by atoms with Crippen LogP contribution in [0.25, 0.3) is 10.9 Å². The fourth-order valence-corrected chi connectivity index (χ4v) is 4.75. The Morgan fingerprint density at radius 1 is 1.19 bits per heavy atom. The van der Waals surface area contributed by atoms with Gasteiger partial charge in [-0.05, 0) is 60.4 Å². The Bertz CT molecular complexity index is 1130. The summed E-state index contributed by atoms with van der Waals surface area (Å²) < 4.78 is 13.2. The summed E-state index contributed by atoms with van der Waals surface area (Å²) in [5, 5.41) is 13.6. The van der Waals surface area contributed by atoms with Gasteiger partial charge in [0.2, 0.25) is 0 Å². The van der Waals surface area contributed by atoms with E-state index >= 15 is 0 Å². The maximum atomic E-state index is 13.3. The Morgan fingerprint density at radius 3 is 2.81 bits per heavy atom.